The fourth-order valence-corrected chi connectivity index (χ4v) is 3.54. The van der Waals surface area contributed by atoms with Crippen LogP contribution in [0.1, 0.15) is 5.56 Å². The average molecular weight is 425 g/mol. The molecule has 0 bridgehead atoms. The quantitative estimate of drug-likeness (QED) is 0.470. The Kier molecular flexibility index (Phi) is 4.68. The molecule has 0 saturated heterocycles. The maximum absolute atomic E-state index is 13.0. The molecule has 0 amide bonds. The van der Waals surface area contributed by atoms with Gasteiger partial charge in [0.25, 0.3) is 0 Å². The smallest absolute Gasteiger partial charge is 0.324 e. The van der Waals surface area contributed by atoms with Gasteiger partial charge in [-0.3, -0.25) is 4.68 Å². The van der Waals surface area contributed by atoms with Gasteiger partial charge in [-0.1, -0.05) is 23.7 Å². The van der Waals surface area contributed by atoms with E-state index < -0.39 is 16.8 Å². The number of para-hydroxylation sites is 1. The number of halogens is 4. The first-order chi connectivity index (χ1) is 13.3. The van der Waals surface area contributed by atoms with Crippen molar-refractivity contribution in [3.8, 4) is 5.82 Å². The molecule has 6 nitrogen and oxygen atoms in total. The Morgan fingerprint density at radius 2 is 1.96 bits per heavy atom. The van der Waals surface area contributed by atoms with Crippen molar-refractivity contribution in [3.05, 3.63) is 59.6 Å². The molecule has 0 aliphatic carbocycles. The number of alkyl halides is 3. The summed E-state index contributed by atoms with van der Waals surface area (Å²) in [6.45, 7) is 0. The number of fused-ring (bicyclic) bond motifs is 1. The molecule has 144 valence electrons. The monoisotopic (exact) mass is 424 g/mol. The largest absolute Gasteiger partial charge is 0.418 e. The minimum absolute atomic E-state index is 0.0253. The zero-order valence-electron chi connectivity index (χ0n) is 14.3. The average Bonchev–Trinajstić information content (AvgIpc) is 3.27. The van der Waals surface area contributed by atoms with Crippen LogP contribution in [0.4, 0.5) is 18.9 Å². The summed E-state index contributed by atoms with van der Waals surface area (Å²) in [6, 6.07) is 6.65. The molecule has 11 heteroatoms. The van der Waals surface area contributed by atoms with E-state index in [2.05, 4.69) is 19.9 Å². The van der Waals surface area contributed by atoms with Crippen LogP contribution in [0.25, 0.3) is 16.7 Å². The molecule has 28 heavy (non-hydrogen) atoms. The third-order valence-electron chi connectivity index (χ3n) is 3.98. The molecule has 0 unspecified atom stereocenters. The van der Waals surface area contributed by atoms with Gasteiger partial charge in [0.15, 0.2) is 5.82 Å². The second-order valence-corrected chi connectivity index (χ2v) is 7.14. The summed E-state index contributed by atoms with van der Waals surface area (Å²) >= 11 is 6.89. The number of hydrogen-bond acceptors (Lipinski definition) is 5. The predicted octanol–water partition coefficient (Wildman–Crippen LogP) is 4.95. The first kappa shape index (κ1) is 18.6. The Hall–Kier alpha value is -2.72. The zero-order valence-corrected chi connectivity index (χ0v) is 15.8. The van der Waals surface area contributed by atoms with Crippen LogP contribution in [0.15, 0.2) is 53.9 Å². The molecule has 1 aromatic carbocycles. The Morgan fingerprint density at radius 1 is 1.14 bits per heavy atom. The Labute approximate surface area is 166 Å². The van der Waals surface area contributed by atoms with Gasteiger partial charge in [-0.15, -0.1) is 0 Å². The number of rotatable bonds is 4. The molecule has 0 aliphatic rings. The Morgan fingerprint density at radius 3 is 2.75 bits per heavy atom. The standard InChI is InChI=1S/C17H12ClF3N6S/c1-26-16-10(6-23-26)3-2-4-14(16)25-28-11-7-24-27(9-11)15-5-12(17(19,20)21)13(18)8-22-15/h2-9,25H,1H3. The molecular formula is C17H12ClF3N6S. The number of nitrogens with one attached hydrogen (secondary N) is 1. The van der Waals surface area contributed by atoms with Crippen molar-refractivity contribution >= 4 is 40.1 Å². The molecular weight excluding hydrogens is 413 g/mol. The lowest BCUT2D eigenvalue weighted by atomic mass is 10.2. The SMILES string of the molecule is Cn1ncc2cccc(NSc3cnn(-c4cc(C(F)(F)F)c(Cl)cn4)c3)c21. The molecule has 0 radical (unpaired) electrons. The van der Waals surface area contributed by atoms with Crippen molar-refractivity contribution in [2.45, 2.75) is 11.1 Å². The normalized spacial score (nSPS) is 11.9. The van der Waals surface area contributed by atoms with Gasteiger partial charge in [-0.05, 0) is 24.1 Å². The summed E-state index contributed by atoms with van der Waals surface area (Å²) in [5.74, 6) is 0.0253. The number of benzene rings is 1. The van der Waals surface area contributed by atoms with Crippen LogP contribution in [-0.4, -0.2) is 24.5 Å². The van der Waals surface area contributed by atoms with Crippen LogP contribution in [-0.2, 0) is 13.2 Å². The van der Waals surface area contributed by atoms with E-state index in [9.17, 15) is 13.2 Å². The second kappa shape index (κ2) is 7.02. The number of aromatic nitrogens is 5. The van der Waals surface area contributed by atoms with Crippen molar-refractivity contribution < 1.29 is 13.2 Å². The zero-order chi connectivity index (χ0) is 19.9. The van der Waals surface area contributed by atoms with Crippen LogP contribution >= 0.6 is 23.5 Å². The van der Waals surface area contributed by atoms with E-state index in [1.807, 2.05) is 25.2 Å². The van der Waals surface area contributed by atoms with Crippen LogP contribution in [0.5, 0.6) is 0 Å². The van der Waals surface area contributed by atoms with Gasteiger partial charge in [-0.2, -0.15) is 23.4 Å². The molecule has 0 spiro atoms. The van der Waals surface area contributed by atoms with Crippen molar-refractivity contribution in [2.24, 2.45) is 7.05 Å². The maximum atomic E-state index is 13.0. The van der Waals surface area contributed by atoms with Gasteiger partial charge in [0, 0.05) is 24.8 Å². The van der Waals surface area contributed by atoms with Gasteiger partial charge >= 0.3 is 6.18 Å². The molecule has 3 heterocycles. The molecule has 0 atom stereocenters. The lowest BCUT2D eigenvalue weighted by Crippen LogP contribution is -2.08. The Bertz CT molecular complexity index is 1150. The second-order valence-electron chi connectivity index (χ2n) is 5.86. The van der Waals surface area contributed by atoms with Crippen LogP contribution in [0.2, 0.25) is 5.02 Å². The van der Waals surface area contributed by atoms with E-state index in [0.717, 1.165) is 28.9 Å². The Balaban J connectivity index is 1.56. The number of anilines is 1. The first-order valence-corrected chi connectivity index (χ1v) is 9.14. The molecule has 4 rings (SSSR count). The summed E-state index contributed by atoms with van der Waals surface area (Å²) in [4.78, 5) is 4.63. The highest BCUT2D eigenvalue weighted by atomic mass is 35.5. The van der Waals surface area contributed by atoms with Gasteiger partial charge in [0.2, 0.25) is 0 Å². The van der Waals surface area contributed by atoms with Gasteiger partial charge in [0.05, 0.1) is 39.1 Å². The van der Waals surface area contributed by atoms with E-state index in [1.165, 1.54) is 22.8 Å². The summed E-state index contributed by atoms with van der Waals surface area (Å²) in [7, 11) is 1.85. The minimum Gasteiger partial charge on any atom is -0.324 e. The van der Waals surface area contributed by atoms with Gasteiger partial charge in [0.1, 0.15) is 0 Å². The van der Waals surface area contributed by atoms with Crippen molar-refractivity contribution in [3.63, 3.8) is 0 Å². The third-order valence-corrected chi connectivity index (χ3v) is 5.05. The summed E-state index contributed by atoms with van der Waals surface area (Å²) in [5, 5.41) is 8.86. The van der Waals surface area contributed by atoms with E-state index in [-0.39, 0.29) is 5.82 Å². The number of aryl methyl sites for hydroxylation is 1. The molecule has 3 aromatic heterocycles. The fraction of sp³-hybridized carbons (Fsp3) is 0.118. The van der Waals surface area contributed by atoms with Crippen LogP contribution < -0.4 is 4.72 Å². The highest BCUT2D eigenvalue weighted by Crippen LogP contribution is 2.35. The van der Waals surface area contributed by atoms with E-state index >= 15 is 0 Å². The van der Waals surface area contributed by atoms with Crippen molar-refractivity contribution in [1.82, 2.24) is 24.5 Å². The number of nitrogens with zero attached hydrogens (tertiary/aromatic N) is 5. The highest BCUT2D eigenvalue weighted by Gasteiger charge is 2.34. The van der Waals surface area contributed by atoms with E-state index in [0.29, 0.717) is 4.90 Å². The predicted molar refractivity (Wildman–Crippen MR) is 102 cm³/mol. The summed E-state index contributed by atoms with van der Waals surface area (Å²) in [5.41, 5.74) is 0.848. The van der Waals surface area contributed by atoms with Gasteiger partial charge in [-0.25, -0.2) is 9.67 Å². The van der Waals surface area contributed by atoms with Gasteiger partial charge < -0.3 is 4.72 Å². The van der Waals surface area contributed by atoms with E-state index in [4.69, 9.17) is 11.6 Å². The lowest BCUT2D eigenvalue weighted by Gasteiger charge is -2.10. The maximum Gasteiger partial charge on any atom is 0.418 e. The third kappa shape index (κ3) is 3.52. The molecule has 1 N–H and O–H groups in total. The van der Waals surface area contributed by atoms with E-state index in [1.54, 1.807) is 17.1 Å². The van der Waals surface area contributed by atoms with Crippen molar-refractivity contribution in [1.29, 1.82) is 0 Å². The van der Waals surface area contributed by atoms with Crippen molar-refractivity contribution in [2.75, 3.05) is 4.72 Å². The highest BCUT2D eigenvalue weighted by molar-refractivity contribution is 8.00. The fourth-order valence-electron chi connectivity index (χ4n) is 2.68. The molecule has 4 aromatic rings. The molecule has 0 fully saturated rings. The first-order valence-electron chi connectivity index (χ1n) is 7.94. The van der Waals surface area contributed by atoms with Crippen LogP contribution in [0.3, 0.4) is 0 Å². The summed E-state index contributed by atoms with van der Waals surface area (Å²) < 4.78 is 45.3. The lowest BCUT2D eigenvalue weighted by molar-refractivity contribution is -0.137. The molecule has 0 aliphatic heterocycles. The molecule has 0 saturated carbocycles. The minimum atomic E-state index is -4.57. The topological polar surface area (TPSA) is 60.6 Å². The number of hydrogen-bond donors (Lipinski definition) is 1. The summed E-state index contributed by atoms with van der Waals surface area (Å²) in [6.07, 6.45) is 1.29. The number of pyridine rings is 1. The van der Waals surface area contributed by atoms with Crippen LogP contribution in [0, 0.1) is 0 Å².